The molecule has 0 spiro atoms. The summed E-state index contributed by atoms with van der Waals surface area (Å²) >= 11 is 9.12. The number of carbonyl (C=O) groups excluding carboxylic acids is 1. The lowest BCUT2D eigenvalue weighted by Crippen LogP contribution is -2.42. The molecule has 0 aliphatic carbocycles. The molecule has 1 aliphatic heterocycles. The largest absolute Gasteiger partial charge is 0.480 e. The van der Waals surface area contributed by atoms with Gasteiger partial charge in [0.15, 0.2) is 0 Å². The van der Waals surface area contributed by atoms with E-state index in [2.05, 4.69) is 15.9 Å². The normalized spacial score (nSPS) is 22.6. The topological polar surface area (TPSA) is 57.6 Å². The number of carboxylic acid groups (broad SMARTS) is 1. The highest BCUT2D eigenvalue weighted by Crippen LogP contribution is 2.29. The molecule has 0 aromatic heterocycles. The van der Waals surface area contributed by atoms with E-state index < -0.39 is 12.0 Å². The van der Waals surface area contributed by atoms with E-state index in [1.165, 1.54) is 4.90 Å². The Morgan fingerprint density at radius 1 is 1.47 bits per heavy atom. The van der Waals surface area contributed by atoms with Crippen LogP contribution in [-0.4, -0.2) is 34.5 Å². The quantitative estimate of drug-likeness (QED) is 0.895. The number of halogens is 2. The lowest BCUT2D eigenvalue weighted by Gasteiger charge is -2.23. The van der Waals surface area contributed by atoms with Crippen molar-refractivity contribution >= 4 is 39.4 Å². The van der Waals surface area contributed by atoms with Gasteiger partial charge in [-0.15, -0.1) is 0 Å². The molecule has 2 atom stereocenters. The predicted octanol–water partition coefficient (Wildman–Crippen LogP) is 3.04. The van der Waals surface area contributed by atoms with Crippen molar-refractivity contribution in [2.45, 2.75) is 19.4 Å². The molecule has 1 aromatic rings. The fourth-order valence-electron chi connectivity index (χ4n) is 2.37. The van der Waals surface area contributed by atoms with Gasteiger partial charge in [0.25, 0.3) is 5.91 Å². The molecule has 1 N–H and O–H groups in total. The Morgan fingerprint density at radius 2 is 2.16 bits per heavy atom. The van der Waals surface area contributed by atoms with Gasteiger partial charge in [-0.1, -0.05) is 18.5 Å². The van der Waals surface area contributed by atoms with Crippen molar-refractivity contribution < 1.29 is 14.7 Å². The standard InChI is InChI=1S/C13H13BrClNO3/c1-7-4-5-16(11(7)13(18)19)12(17)9-3-2-8(15)6-10(9)14/h2-3,6-7,11H,4-5H2,1H3,(H,18,19). The Morgan fingerprint density at radius 3 is 2.74 bits per heavy atom. The summed E-state index contributed by atoms with van der Waals surface area (Å²) in [6.07, 6.45) is 0.702. The number of hydrogen-bond donors (Lipinski definition) is 1. The Kier molecular flexibility index (Phi) is 4.16. The van der Waals surface area contributed by atoms with Crippen molar-refractivity contribution in [3.63, 3.8) is 0 Å². The van der Waals surface area contributed by atoms with Gasteiger partial charge in [0, 0.05) is 16.0 Å². The van der Waals surface area contributed by atoms with Crippen LogP contribution in [0, 0.1) is 5.92 Å². The van der Waals surface area contributed by atoms with Gasteiger partial charge < -0.3 is 10.0 Å². The zero-order valence-corrected chi connectivity index (χ0v) is 12.6. The molecule has 1 saturated heterocycles. The Bertz CT molecular complexity index is 535. The molecule has 6 heteroatoms. The van der Waals surface area contributed by atoms with E-state index in [0.29, 0.717) is 28.0 Å². The minimum atomic E-state index is -0.955. The molecule has 1 amide bonds. The summed E-state index contributed by atoms with van der Waals surface area (Å²) in [5.41, 5.74) is 0.435. The molecule has 1 aliphatic rings. The molecule has 1 fully saturated rings. The van der Waals surface area contributed by atoms with Crippen molar-refractivity contribution in [1.29, 1.82) is 0 Å². The van der Waals surface area contributed by atoms with E-state index in [1.54, 1.807) is 18.2 Å². The van der Waals surface area contributed by atoms with E-state index in [-0.39, 0.29) is 11.8 Å². The summed E-state index contributed by atoms with van der Waals surface area (Å²) in [6.45, 7) is 2.31. The molecule has 0 saturated carbocycles. The fourth-order valence-corrected chi connectivity index (χ4v) is 3.22. The van der Waals surface area contributed by atoms with E-state index in [1.807, 2.05) is 6.92 Å². The monoisotopic (exact) mass is 345 g/mol. The highest BCUT2D eigenvalue weighted by Gasteiger charge is 2.40. The third-order valence-corrected chi connectivity index (χ3v) is 4.27. The van der Waals surface area contributed by atoms with Crippen LogP contribution in [0.15, 0.2) is 22.7 Å². The maximum Gasteiger partial charge on any atom is 0.326 e. The fraction of sp³-hybridized carbons (Fsp3) is 0.385. The van der Waals surface area contributed by atoms with Crippen LogP contribution in [0.2, 0.25) is 5.02 Å². The van der Waals surface area contributed by atoms with E-state index in [9.17, 15) is 14.7 Å². The van der Waals surface area contributed by atoms with Crippen LogP contribution in [-0.2, 0) is 4.79 Å². The van der Waals surface area contributed by atoms with Gasteiger partial charge in [-0.3, -0.25) is 4.79 Å². The number of amides is 1. The average Bonchev–Trinajstić information content (AvgIpc) is 2.70. The molecule has 102 valence electrons. The van der Waals surface area contributed by atoms with Gasteiger partial charge in [0.2, 0.25) is 0 Å². The second-order valence-corrected chi connectivity index (χ2v) is 5.96. The van der Waals surface area contributed by atoms with Gasteiger partial charge in [0.05, 0.1) is 5.56 Å². The van der Waals surface area contributed by atoms with Crippen LogP contribution < -0.4 is 0 Å². The maximum absolute atomic E-state index is 12.4. The number of rotatable bonds is 2. The number of likely N-dealkylation sites (tertiary alicyclic amines) is 1. The highest BCUT2D eigenvalue weighted by atomic mass is 79.9. The Balaban J connectivity index is 2.31. The first-order chi connectivity index (χ1) is 8.91. The molecule has 4 nitrogen and oxygen atoms in total. The molecule has 0 radical (unpaired) electrons. The van der Waals surface area contributed by atoms with Crippen molar-refractivity contribution in [2.24, 2.45) is 5.92 Å². The SMILES string of the molecule is CC1CCN(C(=O)c2ccc(Cl)cc2Br)C1C(=O)O. The van der Waals surface area contributed by atoms with Crippen molar-refractivity contribution in [1.82, 2.24) is 4.90 Å². The molecule has 1 aromatic carbocycles. The third kappa shape index (κ3) is 2.77. The Hall–Kier alpha value is -1.07. The summed E-state index contributed by atoms with van der Waals surface area (Å²) in [5, 5.41) is 9.76. The second kappa shape index (κ2) is 5.51. The van der Waals surface area contributed by atoms with E-state index >= 15 is 0 Å². The lowest BCUT2D eigenvalue weighted by atomic mass is 10.0. The van der Waals surface area contributed by atoms with Gasteiger partial charge in [0.1, 0.15) is 6.04 Å². The number of benzene rings is 1. The number of nitrogens with zero attached hydrogens (tertiary/aromatic N) is 1. The number of carboxylic acids is 1. The molecule has 2 rings (SSSR count). The minimum absolute atomic E-state index is 0.0347. The number of aliphatic carboxylic acids is 1. The zero-order valence-electron chi connectivity index (χ0n) is 10.3. The van der Waals surface area contributed by atoms with Crippen LogP contribution in [0.1, 0.15) is 23.7 Å². The van der Waals surface area contributed by atoms with Gasteiger partial charge in [-0.05, 0) is 46.5 Å². The number of carbonyl (C=O) groups is 2. The molecular formula is C13H13BrClNO3. The summed E-state index contributed by atoms with van der Waals surface area (Å²) in [4.78, 5) is 25.1. The molecule has 0 bridgehead atoms. The average molecular weight is 347 g/mol. The zero-order chi connectivity index (χ0) is 14.2. The molecular weight excluding hydrogens is 334 g/mol. The van der Waals surface area contributed by atoms with Crippen LogP contribution in [0.4, 0.5) is 0 Å². The first kappa shape index (κ1) is 14.3. The first-order valence-electron chi connectivity index (χ1n) is 5.90. The van der Waals surface area contributed by atoms with Crippen LogP contribution in [0.3, 0.4) is 0 Å². The summed E-state index contributed by atoms with van der Waals surface area (Å²) in [6, 6.07) is 4.10. The molecule has 2 unspecified atom stereocenters. The van der Waals surface area contributed by atoms with Crippen molar-refractivity contribution in [3.05, 3.63) is 33.3 Å². The van der Waals surface area contributed by atoms with Gasteiger partial charge in [-0.25, -0.2) is 4.79 Å². The second-order valence-electron chi connectivity index (χ2n) is 4.67. The van der Waals surface area contributed by atoms with E-state index in [0.717, 1.165) is 0 Å². The maximum atomic E-state index is 12.4. The molecule has 19 heavy (non-hydrogen) atoms. The predicted molar refractivity (Wildman–Crippen MR) is 75.4 cm³/mol. The van der Waals surface area contributed by atoms with Crippen LogP contribution >= 0.6 is 27.5 Å². The summed E-state index contributed by atoms with van der Waals surface area (Å²) < 4.78 is 0.577. The van der Waals surface area contributed by atoms with Crippen LogP contribution in [0.25, 0.3) is 0 Å². The minimum Gasteiger partial charge on any atom is -0.480 e. The smallest absolute Gasteiger partial charge is 0.326 e. The van der Waals surface area contributed by atoms with E-state index in [4.69, 9.17) is 11.6 Å². The third-order valence-electron chi connectivity index (χ3n) is 3.38. The van der Waals surface area contributed by atoms with Crippen LogP contribution in [0.5, 0.6) is 0 Å². The highest BCUT2D eigenvalue weighted by molar-refractivity contribution is 9.10. The van der Waals surface area contributed by atoms with Crippen molar-refractivity contribution in [3.8, 4) is 0 Å². The van der Waals surface area contributed by atoms with Gasteiger partial charge >= 0.3 is 5.97 Å². The first-order valence-corrected chi connectivity index (χ1v) is 7.07. The lowest BCUT2D eigenvalue weighted by molar-refractivity contribution is -0.142. The summed E-state index contributed by atoms with van der Waals surface area (Å²) in [5.74, 6) is -1.27. The Labute approximate surface area is 124 Å². The molecule has 1 heterocycles. The van der Waals surface area contributed by atoms with Crippen molar-refractivity contribution in [2.75, 3.05) is 6.54 Å². The summed E-state index contributed by atoms with van der Waals surface area (Å²) in [7, 11) is 0. The van der Waals surface area contributed by atoms with Gasteiger partial charge in [-0.2, -0.15) is 0 Å². The number of hydrogen-bond acceptors (Lipinski definition) is 2.